The third-order valence-corrected chi connectivity index (χ3v) is 21.4. The van der Waals surface area contributed by atoms with E-state index in [1.54, 1.807) is 0 Å². The Kier molecular flexibility index (Phi) is 85.2. The summed E-state index contributed by atoms with van der Waals surface area (Å²) in [6, 6.07) is 0. The zero-order chi connectivity index (χ0) is 83.6. The molecular weight excluding hydrogens is 1480 g/mol. The van der Waals surface area contributed by atoms with Crippen molar-refractivity contribution in [2.75, 3.05) is 39.6 Å². The summed E-state index contributed by atoms with van der Waals surface area (Å²) in [6.45, 7) is 2.46. The Balaban J connectivity index is 4.44. The van der Waals surface area contributed by atoms with Crippen molar-refractivity contribution in [3.05, 3.63) is 146 Å². The van der Waals surface area contributed by atoms with Gasteiger partial charge >= 0.3 is 33.6 Å². The van der Waals surface area contributed by atoms with E-state index < -0.39 is 91.5 Å². The molecule has 4 N–H and O–H groups in total. The van der Waals surface area contributed by atoms with Crippen LogP contribution in [0, 0.1) is 0 Å². The van der Waals surface area contributed by atoms with Crippen molar-refractivity contribution >= 4 is 33.6 Å². The number of ether oxygens (including phenoxy) is 3. The van der Waals surface area contributed by atoms with Gasteiger partial charge in [-0.2, -0.15) is 0 Å². The maximum Gasteiger partial charge on any atom is 0.472 e. The van der Waals surface area contributed by atoms with E-state index in [9.17, 15) is 43.5 Å². The number of hydrogen-bond acceptors (Lipinski definition) is 14. The van der Waals surface area contributed by atoms with Gasteiger partial charge in [-0.1, -0.05) is 378 Å². The number of unbranched alkanes of at least 4 members (excludes halogenated alkanes) is 40. The van der Waals surface area contributed by atoms with Crippen LogP contribution in [0.1, 0.15) is 393 Å². The van der Waals surface area contributed by atoms with Crippen molar-refractivity contribution in [2.45, 2.75) is 411 Å². The molecule has 0 fully saturated rings. The third-order valence-electron chi connectivity index (χ3n) is 19.5. The summed E-state index contributed by atoms with van der Waals surface area (Å²) in [7, 11) is -9.81. The molecule has 5 unspecified atom stereocenters. The number of carbonyl (C=O) groups is 3. The second kappa shape index (κ2) is 88.7. The van der Waals surface area contributed by atoms with Crippen LogP contribution in [0.25, 0.3) is 0 Å². The number of phosphoric acid groups is 2. The van der Waals surface area contributed by atoms with Crippen LogP contribution >= 0.6 is 15.6 Å². The smallest absolute Gasteiger partial charge is 0.463 e. The largest absolute Gasteiger partial charge is 0.472 e. The zero-order valence-corrected chi connectivity index (χ0v) is 74.7. The van der Waals surface area contributed by atoms with Crippen molar-refractivity contribution < 1.29 is 75.8 Å². The van der Waals surface area contributed by atoms with Gasteiger partial charge in [0, 0.05) is 19.3 Å². The van der Waals surface area contributed by atoms with Gasteiger partial charge in [-0.15, -0.1) is 0 Å². The number of carbonyl (C=O) groups excluding carboxylic acids is 3. The van der Waals surface area contributed by atoms with Gasteiger partial charge in [-0.05, 0) is 141 Å². The molecule has 0 saturated heterocycles. The van der Waals surface area contributed by atoms with E-state index in [0.717, 1.165) is 141 Å². The molecule has 0 aliphatic rings. The lowest BCUT2D eigenvalue weighted by atomic mass is 10.0. The van der Waals surface area contributed by atoms with Gasteiger partial charge in [-0.3, -0.25) is 32.5 Å². The van der Waals surface area contributed by atoms with Crippen molar-refractivity contribution in [1.82, 2.24) is 0 Å². The molecule has 5 atom stereocenters. The van der Waals surface area contributed by atoms with Crippen LogP contribution < -0.4 is 0 Å². The molecule has 16 nitrogen and oxygen atoms in total. The van der Waals surface area contributed by atoms with Crippen molar-refractivity contribution in [3.63, 3.8) is 0 Å². The Labute approximate surface area is 702 Å². The molecule has 662 valence electrons. The maximum absolute atomic E-state index is 13.0. The lowest BCUT2D eigenvalue weighted by Crippen LogP contribution is -2.30. The minimum Gasteiger partial charge on any atom is -0.463 e. The number of aliphatic hydroxyl groups is 2. The van der Waals surface area contributed by atoms with E-state index in [1.165, 1.54) is 193 Å². The molecule has 0 rings (SSSR count). The summed E-state index contributed by atoms with van der Waals surface area (Å²) in [5.41, 5.74) is 0. The molecular formula is C97H168O16P2. The zero-order valence-electron chi connectivity index (χ0n) is 72.9. The van der Waals surface area contributed by atoms with Crippen LogP contribution in [0.4, 0.5) is 0 Å². The lowest BCUT2D eigenvalue weighted by molar-refractivity contribution is -0.161. The molecule has 0 heterocycles. The number of rotatable bonds is 87. The third kappa shape index (κ3) is 90.0. The minimum atomic E-state index is -4.94. The highest BCUT2D eigenvalue weighted by Crippen LogP contribution is 2.45. The summed E-state index contributed by atoms with van der Waals surface area (Å²) in [5, 5.41) is 20.7. The number of aliphatic hydroxyl groups excluding tert-OH is 2. The first-order valence-corrected chi connectivity index (χ1v) is 49.1. The minimum absolute atomic E-state index is 0.0838. The average Bonchev–Trinajstić information content (AvgIpc) is 0.893. The number of allylic oxidation sites excluding steroid dienone is 24. The summed E-state index contributed by atoms with van der Waals surface area (Å²) < 4.78 is 61.4. The van der Waals surface area contributed by atoms with E-state index in [2.05, 4.69) is 167 Å². The van der Waals surface area contributed by atoms with Gasteiger partial charge in [0.05, 0.1) is 26.4 Å². The van der Waals surface area contributed by atoms with E-state index in [0.29, 0.717) is 19.3 Å². The molecule has 0 aliphatic carbocycles. The summed E-state index contributed by atoms with van der Waals surface area (Å²) in [4.78, 5) is 58.9. The first kappa shape index (κ1) is 110. The van der Waals surface area contributed by atoms with Crippen LogP contribution in [0.5, 0.6) is 0 Å². The number of esters is 3. The molecule has 0 radical (unpaired) electrons. The van der Waals surface area contributed by atoms with Gasteiger partial charge in [0.1, 0.15) is 25.4 Å². The topological polar surface area (TPSA) is 231 Å². The number of phosphoric ester groups is 2. The predicted molar refractivity (Wildman–Crippen MR) is 482 cm³/mol. The van der Waals surface area contributed by atoms with E-state index in [4.69, 9.17) is 32.3 Å². The summed E-state index contributed by atoms with van der Waals surface area (Å²) in [5.74, 6) is -1.58. The average molecular weight is 1650 g/mol. The Bertz CT molecular complexity index is 2670. The van der Waals surface area contributed by atoms with Crippen molar-refractivity contribution in [1.29, 1.82) is 0 Å². The van der Waals surface area contributed by atoms with Gasteiger partial charge in [0.25, 0.3) is 0 Å². The number of hydrogen-bond donors (Lipinski definition) is 4. The van der Waals surface area contributed by atoms with Gasteiger partial charge < -0.3 is 34.2 Å². The molecule has 0 aromatic carbocycles. The fourth-order valence-electron chi connectivity index (χ4n) is 12.6. The molecule has 0 aromatic heterocycles. The molecule has 115 heavy (non-hydrogen) atoms. The van der Waals surface area contributed by atoms with Crippen LogP contribution in [0.2, 0.25) is 0 Å². The van der Waals surface area contributed by atoms with Gasteiger partial charge in [0.15, 0.2) is 6.10 Å². The Morgan fingerprint density at radius 1 is 0.252 bits per heavy atom. The Hall–Kier alpha value is -4.57. The molecule has 0 aliphatic heterocycles. The van der Waals surface area contributed by atoms with E-state index in [1.807, 2.05) is 0 Å². The normalized spacial score (nSPS) is 14.5. The molecule has 0 amide bonds. The fraction of sp³-hybridized carbons (Fsp3) is 0.722. The van der Waals surface area contributed by atoms with Gasteiger partial charge in [0.2, 0.25) is 0 Å². The van der Waals surface area contributed by atoms with Crippen LogP contribution in [0.3, 0.4) is 0 Å². The lowest BCUT2D eigenvalue weighted by Gasteiger charge is -2.21. The van der Waals surface area contributed by atoms with E-state index >= 15 is 0 Å². The molecule has 0 saturated carbocycles. The Morgan fingerprint density at radius 2 is 0.461 bits per heavy atom. The maximum atomic E-state index is 13.0. The molecule has 0 aromatic rings. The SMILES string of the molecule is CC/C=C\C/C=C\C/C=C\C/C=C\C/C=C\CCCCCCCCCCCCCCCCCC(=O)OCC(COP(=O)(O)OCC(O)COP(=O)(O)OCC(O)COC(=O)CCCCCCCCCCCCCCCCCCC/C=C\C/C=C\C/C=C\C/C=C\CCCCC)OC(=O)CCCCCCC/C=C\C/C=C\C/C=C\CC. The van der Waals surface area contributed by atoms with Crippen LogP contribution in [-0.4, -0.2) is 95.9 Å². The van der Waals surface area contributed by atoms with E-state index in [-0.39, 0.29) is 19.3 Å². The summed E-state index contributed by atoms with van der Waals surface area (Å²) >= 11 is 0. The molecule has 18 heteroatoms. The molecule has 0 spiro atoms. The highest BCUT2D eigenvalue weighted by molar-refractivity contribution is 7.47. The highest BCUT2D eigenvalue weighted by Gasteiger charge is 2.29. The van der Waals surface area contributed by atoms with Crippen molar-refractivity contribution in [2.24, 2.45) is 0 Å². The summed E-state index contributed by atoms with van der Waals surface area (Å²) in [6.07, 6.45) is 112. The van der Waals surface area contributed by atoms with Crippen molar-refractivity contribution in [3.8, 4) is 0 Å². The second-order valence-corrected chi connectivity index (χ2v) is 33.6. The first-order valence-electron chi connectivity index (χ1n) is 46.1. The van der Waals surface area contributed by atoms with Crippen LogP contribution in [0.15, 0.2) is 146 Å². The monoisotopic (exact) mass is 1650 g/mol. The van der Waals surface area contributed by atoms with Gasteiger partial charge in [-0.25, -0.2) is 9.13 Å². The second-order valence-electron chi connectivity index (χ2n) is 30.7. The standard InChI is InChI=1S/C97H168O16P2/c1-4-7-10-13-16-19-22-25-28-30-32-34-36-38-40-42-44-45-47-49-50-52-54-56-58-60-63-65-68-71-74-77-80-83-95(100)107-86-92(98)87-109-114(103,104)110-88-93(99)89-111-115(105,106)112-91-94(113-97(102)85-82-79-76-73-70-67-62-27-24-21-18-15-12-9-6-3)90-108-96(101)84-81-78-75-72-69-66-64-61-59-57-55-53-51-48-46-43-41-39-37-35-33-31-29-26-23-20-17-14-11-8-5-2/h8-9,11-12,16-21,25-29,32-35,38-41,62,92-94,98-99H,4-7,10,13-15,22-24,30-31,36-37,42-61,63-91H2,1-3H3,(H,103,104)(H,105,106)/b11-8-,12-9-,19-16-,20-17-,21-18-,28-25-,29-26-,34-32-,35-33-,40-38-,41-39-,62-27-. The highest BCUT2D eigenvalue weighted by atomic mass is 31.2. The first-order chi connectivity index (χ1) is 56.2. The fourth-order valence-corrected chi connectivity index (χ4v) is 14.2. The quantitative estimate of drug-likeness (QED) is 0.0146. The van der Waals surface area contributed by atoms with Crippen LogP contribution in [-0.2, 0) is 55.8 Å². The molecule has 0 bridgehead atoms. The predicted octanol–water partition coefficient (Wildman–Crippen LogP) is 28.3. The Morgan fingerprint density at radius 3 is 0.730 bits per heavy atom.